The molecule has 0 saturated carbocycles. The molecule has 0 aliphatic rings. The fourth-order valence-electron chi connectivity index (χ4n) is 4.51. The first-order valence-corrected chi connectivity index (χ1v) is 17.7. The van der Waals surface area contributed by atoms with Crippen LogP contribution in [0, 0.1) is 0 Å². The Bertz CT molecular complexity index is 2180. The summed E-state index contributed by atoms with van der Waals surface area (Å²) in [4.78, 5) is 0. The summed E-state index contributed by atoms with van der Waals surface area (Å²) in [6, 6.07) is 2.04. The van der Waals surface area contributed by atoms with Crippen molar-refractivity contribution in [2.24, 2.45) is 0 Å². The molecule has 4 aromatic carbocycles. The van der Waals surface area contributed by atoms with Crippen molar-refractivity contribution in [3.63, 3.8) is 0 Å². The average Bonchev–Trinajstić information content (AvgIpc) is 3.11. The molecule has 0 atom stereocenters. The van der Waals surface area contributed by atoms with Crippen molar-refractivity contribution >= 4 is 20.2 Å². The molecule has 0 aliphatic carbocycles. The molecule has 0 bridgehead atoms. The van der Waals surface area contributed by atoms with Crippen LogP contribution in [0.4, 0.5) is 79.0 Å². The van der Waals surface area contributed by atoms with Crippen molar-refractivity contribution in [1.82, 2.24) is 0 Å². The highest BCUT2D eigenvalue weighted by Crippen LogP contribution is 2.57. The maximum absolute atomic E-state index is 14.9. The molecule has 0 aliphatic heterocycles. The lowest BCUT2D eigenvalue weighted by Crippen LogP contribution is -2.50. The first-order valence-electron chi connectivity index (χ1n) is 14.9. The Balaban J connectivity index is 1.49. The van der Waals surface area contributed by atoms with E-state index in [9.17, 15) is 95.9 Å². The van der Waals surface area contributed by atoms with E-state index in [0.717, 1.165) is 0 Å². The molecule has 0 heterocycles. The van der Waals surface area contributed by atoms with Crippen molar-refractivity contribution in [3.05, 3.63) is 119 Å². The van der Waals surface area contributed by atoms with Crippen molar-refractivity contribution in [2.45, 2.75) is 46.6 Å². The van der Waals surface area contributed by atoms with E-state index >= 15 is 0 Å². The van der Waals surface area contributed by atoms with Crippen LogP contribution in [0.1, 0.15) is 22.3 Å². The summed E-state index contributed by atoms with van der Waals surface area (Å²) in [6.45, 7) is 0. The number of hydrogen-bond acceptors (Lipinski definition) is 7. The Morgan fingerprint density at radius 3 is 0.678 bits per heavy atom. The quantitative estimate of drug-likeness (QED) is 0.0706. The van der Waals surface area contributed by atoms with E-state index in [0.29, 0.717) is 24.3 Å². The maximum Gasteiger partial charge on any atom is 0.534 e. The van der Waals surface area contributed by atoms with E-state index in [1.54, 1.807) is 0 Å². The zero-order chi connectivity index (χ0) is 45.1. The van der Waals surface area contributed by atoms with Crippen LogP contribution in [0.25, 0.3) is 0 Å². The van der Waals surface area contributed by atoms with E-state index in [1.165, 1.54) is 0 Å². The van der Waals surface area contributed by atoms with Crippen molar-refractivity contribution in [1.29, 1.82) is 0 Å². The van der Waals surface area contributed by atoms with Crippen LogP contribution in [-0.2, 0) is 43.9 Å². The van der Waals surface area contributed by atoms with Gasteiger partial charge in [-0.25, -0.2) is 0 Å². The van der Waals surface area contributed by atoms with Crippen LogP contribution >= 0.6 is 0 Å². The molecule has 59 heavy (non-hydrogen) atoms. The number of alkyl halides is 18. The predicted octanol–water partition coefficient (Wildman–Crippen LogP) is 11.0. The lowest BCUT2D eigenvalue weighted by Gasteiger charge is -2.33. The second kappa shape index (κ2) is 14.9. The second-order valence-corrected chi connectivity index (χ2v) is 14.7. The van der Waals surface area contributed by atoms with Gasteiger partial charge in [-0.1, -0.05) is 0 Å². The molecular formula is C32H16F18O7S2. The zero-order valence-corrected chi connectivity index (χ0v) is 29.3. The predicted molar refractivity (Wildman–Crippen MR) is 163 cm³/mol. The van der Waals surface area contributed by atoms with Crippen molar-refractivity contribution < 1.29 is 109 Å². The first kappa shape index (κ1) is 46.6. The van der Waals surface area contributed by atoms with Gasteiger partial charge in [-0.15, -0.1) is 0 Å². The minimum atomic E-state index is -6.33. The van der Waals surface area contributed by atoms with Gasteiger partial charge in [0.15, 0.2) is 0 Å². The van der Waals surface area contributed by atoms with Crippen molar-refractivity contribution in [3.8, 4) is 23.0 Å². The molecule has 0 N–H and O–H groups in total. The van der Waals surface area contributed by atoms with Gasteiger partial charge in [0.2, 0.25) is 0 Å². The van der Waals surface area contributed by atoms with Gasteiger partial charge in [0.1, 0.15) is 23.0 Å². The molecule has 7 nitrogen and oxygen atoms in total. The van der Waals surface area contributed by atoms with Crippen LogP contribution < -0.4 is 13.1 Å². The summed E-state index contributed by atoms with van der Waals surface area (Å²) in [7, 11) is -12.7. The summed E-state index contributed by atoms with van der Waals surface area (Å²) in [6.07, 6.45) is 0. The Labute approximate surface area is 318 Å². The van der Waals surface area contributed by atoms with Crippen LogP contribution in [0.15, 0.2) is 97.1 Å². The molecule has 0 radical (unpaired) electrons. The van der Waals surface area contributed by atoms with Gasteiger partial charge in [0.25, 0.3) is 0 Å². The molecule has 0 saturated heterocycles. The molecule has 0 aromatic heterocycles. The second-order valence-electron chi connectivity index (χ2n) is 11.6. The number of halogens is 18. The summed E-state index contributed by atoms with van der Waals surface area (Å²) in [5.74, 6) is -39.6. The molecule has 27 heteroatoms. The minimum Gasteiger partial charge on any atom is -0.457 e. The van der Waals surface area contributed by atoms with E-state index in [4.69, 9.17) is 4.74 Å². The average molecular weight is 919 g/mol. The number of rotatable bonds is 14. The Kier molecular flexibility index (Phi) is 11.8. The topological polar surface area (TPSA) is 96.0 Å². The van der Waals surface area contributed by atoms with Gasteiger partial charge in [-0.05, 0) is 97.1 Å². The summed E-state index contributed by atoms with van der Waals surface area (Å²) < 4.78 is 309. The van der Waals surface area contributed by atoms with Gasteiger partial charge in [0.05, 0.1) is 0 Å². The van der Waals surface area contributed by atoms with Crippen LogP contribution in [0.2, 0.25) is 0 Å². The smallest absolute Gasteiger partial charge is 0.457 e. The standard InChI is InChI=1S/C32H16F18O7S2/c33-25(34,29(41,42)27(37,38)19-5-13-23(14-6-19)56-58(51,52)31(45,46)47)17-1-9-21(10-2-17)55-22-11-3-18(4-12-22)26(35,36)30(43,44)28(39,40)20-7-15-24(16-8-20)57-59(53,54)32(48,49)50/h1-16H. The summed E-state index contributed by atoms with van der Waals surface area (Å²) >= 11 is 0. The molecule has 0 spiro atoms. The van der Waals surface area contributed by atoms with E-state index in [1.807, 2.05) is 0 Å². The Morgan fingerprint density at radius 1 is 0.305 bits per heavy atom. The normalized spacial score (nSPS) is 14.2. The third-order valence-electron chi connectivity index (χ3n) is 7.66. The summed E-state index contributed by atoms with van der Waals surface area (Å²) in [5.41, 5.74) is -19.4. The molecule has 0 fully saturated rings. The van der Waals surface area contributed by atoms with Gasteiger partial charge in [0, 0.05) is 22.3 Å². The monoisotopic (exact) mass is 918 g/mol. The van der Waals surface area contributed by atoms with Crippen LogP contribution in [0.5, 0.6) is 23.0 Å². The van der Waals surface area contributed by atoms with Crippen LogP contribution in [0.3, 0.4) is 0 Å². The summed E-state index contributed by atoms with van der Waals surface area (Å²) in [5, 5.41) is 0. The molecule has 4 rings (SSSR count). The molecule has 4 aromatic rings. The number of ether oxygens (including phenoxy) is 1. The largest absolute Gasteiger partial charge is 0.534 e. The van der Waals surface area contributed by atoms with E-state index in [-0.39, 0.29) is 72.8 Å². The van der Waals surface area contributed by atoms with Gasteiger partial charge in [-0.3, -0.25) is 0 Å². The van der Waals surface area contributed by atoms with Crippen molar-refractivity contribution in [2.75, 3.05) is 0 Å². The lowest BCUT2D eigenvalue weighted by molar-refractivity contribution is -0.321. The molecule has 324 valence electrons. The van der Waals surface area contributed by atoms with E-state index < -0.39 is 112 Å². The molecule has 0 amide bonds. The number of benzene rings is 4. The number of hydrogen-bond donors (Lipinski definition) is 0. The zero-order valence-electron chi connectivity index (χ0n) is 27.7. The fourth-order valence-corrected chi connectivity index (χ4v) is 5.43. The highest BCUT2D eigenvalue weighted by Gasteiger charge is 2.73. The molecule has 0 unspecified atom stereocenters. The molecular weight excluding hydrogens is 902 g/mol. The fraction of sp³-hybridized carbons (Fsp3) is 0.250. The third-order valence-corrected chi connectivity index (χ3v) is 9.62. The van der Waals surface area contributed by atoms with Gasteiger partial charge >= 0.3 is 66.8 Å². The Hall–Kier alpha value is -5.08. The maximum atomic E-state index is 14.9. The SMILES string of the molecule is O=S(=O)(Oc1ccc(C(F)(F)C(F)(F)C(F)(F)c2ccc(Oc3ccc(C(F)(F)C(F)(F)C(F)(F)c4ccc(OS(=O)(=O)C(F)(F)F)cc4)cc3)cc2)cc1)C(F)(F)F. The third kappa shape index (κ3) is 8.52. The highest BCUT2D eigenvalue weighted by molar-refractivity contribution is 7.88. The van der Waals surface area contributed by atoms with E-state index in [2.05, 4.69) is 8.37 Å². The van der Waals surface area contributed by atoms with Gasteiger partial charge < -0.3 is 13.1 Å². The Morgan fingerprint density at radius 2 is 0.492 bits per heavy atom. The lowest BCUT2D eigenvalue weighted by atomic mass is 9.92. The first-order chi connectivity index (χ1) is 26.5. The van der Waals surface area contributed by atoms with Crippen LogP contribution in [-0.4, -0.2) is 39.7 Å². The van der Waals surface area contributed by atoms with Gasteiger partial charge in [-0.2, -0.15) is 95.9 Å². The minimum absolute atomic E-state index is 0.0477. The highest BCUT2D eigenvalue weighted by atomic mass is 32.2.